The lowest BCUT2D eigenvalue weighted by Gasteiger charge is -2.17. The maximum Gasteiger partial charge on any atom is 0.316 e. The minimum absolute atomic E-state index is 0.0152. The number of amides is 2. The van der Waals surface area contributed by atoms with Gasteiger partial charge in [-0.3, -0.25) is 0 Å². The van der Waals surface area contributed by atoms with Gasteiger partial charge < -0.3 is 15.5 Å². The fourth-order valence-corrected chi connectivity index (χ4v) is 1.64. The van der Waals surface area contributed by atoms with E-state index in [1.54, 1.807) is 21.0 Å². The third-order valence-corrected chi connectivity index (χ3v) is 2.69. The second-order valence-corrected chi connectivity index (χ2v) is 4.44. The molecule has 1 aromatic carbocycles. The Labute approximate surface area is 111 Å². The van der Waals surface area contributed by atoms with Crippen LogP contribution in [0.3, 0.4) is 0 Å². The molecule has 0 aliphatic carbocycles. The maximum atomic E-state index is 13.5. The highest BCUT2D eigenvalue weighted by Gasteiger charge is 2.15. The van der Waals surface area contributed by atoms with E-state index in [4.69, 9.17) is 0 Å². The van der Waals surface area contributed by atoms with Crippen LogP contribution in [0.1, 0.15) is 18.5 Å². The summed E-state index contributed by atoms with van der Waals surface area (Å²) in [5, 5.41) is 5.62. The number of nitrogens with zero attached hydrogens (tertiary/aromatic N) is 1. The molecule has 1 atom stereocenters. The van der Waals surface area contributed by atoms with Gasteiger partial charge in [-0.25, -0.2) is 13.6 Å². The van der Waals surface area contributed by atoms with Crippen LogP contribution in [-0.4, -0.2) is 38.1 Å². The summed E-state index contributed by atoms with van der Waals surface area (Å²) in [6.45, 7) is 2.49. The number of hydrogen-bond donors (Lipinski definition) is 2. The molecule has 2 amide bonds. The van der Waals surface area contributed by atoms with Gasteiger partial charge in [0, 0.05) is 38.8 Å². The summed E-state index contributed by atoms with van der Waals surface area (Å²) in [5.41, 5.74) is 0.0152. The Balaban J connectivity index is 2.44. The van der Waals surface area contributed by atoms with Gasteiger partial charge in [0.05, 0.1) is 0 Å². The Kier molecular flexibility index (Phi) is 5.69. The number of urea groups is 1. The van der Waals surface area contributed by atoms with E-state index >= 15 is 0 Å². The highest BCUT2D eigenvalue weighted by atomic mass is 19.1. The van der Waals surface area contributed by atoms with E-state index in [0.717, 1.165) is 0 Å². The molecule has 1 unspecified atom stereocenters. The van der Waals surface area contributed by atoms with Crippen molar-refractivity contribution in [2.75, 3.05) is 27.2 Å². The summed E-state index contributed by atoms with van der Waals surface area (Å²) in [4.78, 5) is 12.6. The molecule has 19 heavy (non-hydrogen) atoms. The van der Waals surface area contributed by atoms with E-state index in [2.05, 4.69) is 10.6 Å². The molecular weight excluding hydrogens is 252 g/mol. The van der Waals surface area contributed by atoms with Crippen LogP contribution >= 0.6 is 0 Å². The number of carbonyl (C=O) groups excluding carboxylic acids is 1. The van der Waals surface area contributed by atoms with Crippen LogP contribution in [0.25, 0.3) is 0 Å². The monoisotopic (exact) mass is 271 g/mol. The van der Waals surface area contributed by atoms with E-state index in [1.807, 2.05) is 0 Å². The molecule has 1 aromatic rings. The zero-order valence-corrected chi connectivity index (χ0v) is 11.3. The van der Waals surface area contributed by atoms with Crippen molar-refractivity contribution in [1.82, 2.24) is 15.5 Å². The average Bonchev–Trinajstić information content (AvgIpc) is 2.34. The van der Waals surface area contributed by atoms with Gasteiger partial charge in [0.2, 0.25) is 0 Å². The van der Waals surface area contributed by atoms with Gasteiger partial charge in [0.25, 0.3) is 0 Å². The molecule has 0 aliphatic heterocycles. The molecule has 0 bridgehead atoms. The fraction of sp³-hybridized carbons (Fsp3) is 0.462. The normalized spacial score (nSPS) is 12.1. The van der Waals surface area contributed by atoms with Crippen molar-refractivity contribution >= 4 is 6.03 Å². The molecule has 0 spiro atoms. The zero-order valence-electron chi connectivity index (χ0n) is 11.3. The molecule has 0 aromatic heterocycles. The third-order valence-electron chi connectivity index (χ3n) is 2.69. The predicted octanol–water partition coefficient (Wildman–Crippen LogP) is 1.89. The third kappa shape index (κ3) is 4.48. The van der Waals surface area contributed by atoms with Crippen LogP contribution in [-0.2, 0) is 0 Å². The van der Waals surface area contributed by atoms with Crippen molar-refractivity contribution in [3.63, 3.8) is 0 Å². The zero-order chi connectivity index (χ0) is 14.4. The van der Waals surface area contributed by atoms with Gasteiger partial charge in [-0.2, -0.15) is 0 Å². The first-order valence-corrected chi connectivity index (χ1v) is 6.06. The number of rotatable bonds is 5. The Morgan fingerprint density at radius 1 is 1.26 bits per heavy atom. The summed E-state index contributed by atoms with van der Waals surface area (Å²) < 4.78 is 27.0. The minimum Gasteiger partial charge on any atom is -0.337 e. The van der Waals surface area contributed by atoms with E-state index in [0.29, 0.717) is 13.1 Å². The quantitative estimate of drug-likeness (QED) is 0.803. The summed E-state index contributed by atoms with van der Waals surface area (Å²) in [6.07, 6.45) is 0. The predicted molar refractivity (Wildman–Crippen MR) is 69.9 cm³/mol. The Morgan fingerprint density at radius 2 is 1.84 bits per heavy atom. The van der Waals surface area contributed by atoms with Crippen molar-refractivity contribution in [2.24, 2.45) is 0 Å². The van der Waals surface area contributed by atoms with Crippen LogP contribution in [0.15, 0.2) is 18.2 Å². The fourth-order valence-electron chi connectivity index (χ4n) is 1.64. The minimum atomic E-state index is -0.572. The van der Waals surface area contributed by atoms with E-state index in [1.165, 1.54) is 23.1 Å². The Bertz CT molecular complexity index is 418. The van der Waals surface area contributed by atoms with Crippen molar-refractivity contribution < 1.29 is 13.6 Å². The molecular formula is C13H19F2N3O. The average molecular weight is 271 g/mol. The van der Waals surface area contributed by atoms with Gasteiger partial charge in [-0.15, -0.1) is 0 Å². The van der Waals surface area contributed by atoms with Gasteiger partial charge in [0.15, 0.2) is 0 Å². The highest BCUT2D eigenvalue weighted by Crippen LogP contribution is 2.19. The largest absolute Gasteiger partial charge is 0.337 e. The second kappa shape index (κ2) is 7.04. The smallest absolute Gasteiger partial charge is 0.316 e. The van der Waals surface area contributed by atoms with Crippen LogP contribution in [0.2, 0.25) is 0 Å². The molecule has 4 nitrogen and oxygen atoms in total. The first kappa shape index (κ1) is 15.4. The van der Waals surface area contributed by atoms with E-state index in [9.17, 15) is 13.6 Å². The second-order valence-electron chi connectivity index (χ2n) is 4.44. The summed E-state index contributed by atoms with van der Waals surface area (Å²) in [6, 6.07) is 3.12. The number of benzene rings is 1. The van der Waals surface area contributed by atoms with Crippen LogP contribution < -0.4 is 10.6 Å². The summed E-state index contributed by atoms with van der Waals surface area (Å²) in [5.74, 6) is -1.14. The summed E-state index contributed by atoms with van der Waals surface area (Å²) in [7, 11) is 3.28. The lowest BCUT2D eigenvalue weighted by molar-refractivity contribution is 0.217. The molecule has 0 heterocycles. The molecule has 0 saturated heterocycles. The molecule has 0 saturated carbocycles. The van der Waals surface area contributed by atoms with Crippen molar-refractivity contribution in [3.8, 4) is 0 Å². The Morgan fingerprint density at radius 3 is 2.37 bits per heavy atom. The molecule has 0 aliphatic rings. The van der Waals surface area contributed by atoms with Gasteiger partial charge >= 0.3 is 6.03 Å². The molecule has 0 radical (unpaired) electrons. The first-order valence-electron chi connectivity index (χ1n) is 6.06. The number of carbonyl (C=O) groups is 1. The highest BCUT2D eigenvalue weighted by molar-refractivity contribution is 5.73. The van der Waals surface area contributed by atoms with Crippen molar-refractivity contribution in [3.05, 3.63) is 35.4 Å². The van der Waals surface area contributed by atoms with Crippen molar-refractivity contribution in [1.29, 1.82) is 0 Å². The van der Waals surface area contributed by atoms with E-state index in [-0.39, 0.29) is 11.6 Å². The lowest BCUT2D eigenvalue weighted by Crippen LogP contribution is -2.39. The van der Waals surface area contributed by atoms with Crippen LogP contribution in [0, 0.1) is 11.6 Å². The first-order chi connectivity index (χ1) is 8.93. The maximum absolute atomic E-state index is 13.5. The number of hydrogen-bond acceptors (Lipinski definition) is 2. The van der Waals surface area contributed by atoms with Gasteiger partial charge in [0.1, 0.15) is 11.6 Å². The van der Waals surface area contributed by atoms with E-state index < -0.39 is 17.7 Å². The molecule has 6 heteroatoms. The van der Waals surface area contributed by atoms with Gasteiger partial charge in [-0.1, -0.05) is 6.07 Å². The van der Waals surface area contributed by atoms with Crippen LogP contribution in [0.4, 0.5) is 13.6 Å². The van der Waals surface area contributed by atoms with Crippen LogP contribution in [0.5, 0.6) is 0 Å². The standard InChI is InChI=1S/C13H19F2N3O/c1-9(12-10(14)5-4-6-11(12)15)16-7-8-17-13(19)18(2)3/h4-6,9,16H,7-8H2,1-3H3,(H,17,19). The topological polar surface area (TPSA) is 44.4 Å². The molecule has 1 rings (SSSR count). The molecule has 0 fully saturated rings. The van der Waals surface area contributed by atoms with Gasteiger partial charge in [-0.05, 0) is 19.1 Å². The lowest BCUT2D eigenvalue weighted by atomic mass is 10.1. The summed E-state index contributed by atoms with van der Waals surface area (Å²) >= 11 is 0. The number of halogens is 2. The molecule has 2 N–H and O–H groups in total. The number of nitrogens with one attached hydrogen (secondary N) is 2. The SMILES string of the molecule is CC(NCCNC(=O)N(C)C)c1c(F)cccc1F. The van der Waals surface area contributed by atoms with Crippen molar-refractivity contribution in [2.45, 2.75) is 13.0 Å². The Hall–Kier alpha value is -1.69. The molecule has 106 valence electrons.